The van der Waals surface area contributed by atoms with Crippen molar-refractivity contribution in [3.8, 4) is 0 Å². The number of nitrogens with zero attached hydrogens (tertiary/aromatic N) is 2. The first kappa shape index (κ1) is 22.0. The van der Waals surface area contributed by atoms with Crippen LogP contribution in [0.4, 0.5) is 0 Å². The minimum absolute atomic E-state index is 0. The number of halogens is 1. The number of carbonyl (C=O) groups is 1. The van der Waals surface area contributed by atoms with Crippen LogP contribution in [-0.2, 0) is 0 Å². The van der Waals surface area contributed by atoms with Crippen LogP contribution >= 0.6 is 24.0 Å². The van der Waals surface area contributed by atoms with E-state index in [1.165, 1.54) is 38.5 Å². The average molecular weight is 484 g/mol. The highest BCUT2D eigenvalue weighted by molar-refractivity contribution is 14.0. The molecule has 1 saturated heterocycles. The quantitative estimate of drug-likeness (QED) is 0.298. The van der Waals surface area contributed by atoms with Gasteiger partial charge in [-0.25, -0.2) is 0 Å². The maximum absolute atomic E-state index is 12.2. The van der Waals surface area contributed by atoms with Crippen LogP contribution < -0.4 is 10.6 Å². The van der Waals surface area contributed by atoms with Gasteiger partial charge >= 0.3 is 0 Å². The van der Waals surface area contributed by atoms with Gasteiger partial charge in [0.2, 0.25) is 0 Å². The molecule has 27 heavy (non-hydrogen) atoms. The molecule has 2 aliphatic rings. The van der Waals surface area contributed by atoms with E-state index in [2.05, 4.69) is 20.5 Å². The van der Waals surface area contributed by atoms with E-state index in [0.717, 1.165) is 24.6 Å². The molecule has 0 bridgehead atoms. The van der Waals surface area contributed by atoms with Gasteiger partial charge in [0.1, 0.15) is 0 Å². The molecular weight excluding hydrogens is 451 g/mol. The minimum atomic E-state index is -0.0205. The lowest BCUT2D eigenvalue weighted by atomic mass is 9.73. The van der Waals surface area contributed by atoms with Crippen LogP contribution in [0.3, 0.4) is 0 Å². The molecule has 0 aromatic heterocycles. The van der Waals surface area contributed by atoms with Gasteiger partial charge in [0.25, 0.3) is 5.91 Å². The number of nitrogens with one attached hydrogen (secondary N) is 2. The molecule has 0 unspecified atom stereocenters. The third-order valence-corrected chi connectivity index (χ3v) is 5.84. The standard InChI is InChI=1S/C21H32N4O.HI/c1-17-7-6-8-18(15-17)19(26)23-12-13-24-20(22-2)25-14-11-21(16-25)9-4-3-5-10-21;/h6-8,15H,3-5,9-14,16H2,1-2H3,(H,22,24)(H,23,26);1H. The molecule has 1 saturated carbocycles. The van der Waals surface area contributed by atoms with Crippen molar-refractivity contribution in [2.24, 2.45) is 10.4 Å². The summed E-state index contributed by atoms with van der Waals surface area (Å²) in [7, 11) is 1.85. The predicted octanol–water partition coefficient (Wildman–Crippen LogP) is 3.57. The third kappa shape index (κ3) is 5.83. The zero-order chi connectivity index (χ0) is 18.4. The molecule has 2 fully saturated rings. The molecule has 1 aliphatic carbocycles. The largest absolute Gasteiger partial charge is 0.354 e. The van der Waals surface area contributed by atoms with E-state index in [0.29, 0.717) is 24.1 Å². The predicted molar refractivity (Wildman–Crippen MR) is 122 cm³/mol. The number of guanidine groups is 1. The fourth-order valence-electron chi connectivity index (χ4n) is 4.40. The molecule has 2 N–H and O–H groups in total. The van der Waals surface area contributed by atoms with E-state index in [4.69, 9.17) is 0 Å². The number of aryl methyl sites for hydroxylation is 1. The maximum atomic E-state index is 12.2. The van der Waals surface area contributed by atoms with E-state index in [-0.39, 0.29) is 29.9 Å². The molecule has 150 valence electrons. The highest BCUT2D eigenvalue weighted by Crippen LogP contribution is 2.43. The minimum Gasteiger partial charge on any atom is -0.354 e. The van der Waals surface area contributed by atoms with Gasteiger partial charge in [-0.05, 0) is 43.7 Å². The summed E-state index contributed by atoms with van der Waals surface area (Å²) in [5.74, 6) is 0.949. The number of aliphatic imine (C=N–C) groups is 1. The summed E-state index contributed by atoms with van der Waals surface area (Å²) in [6.07, 6.45) is 8.18. The first-order valence-electron chi connectivity index (χ1n) is 9.92. The van der Waals surface area contributed by atoms with Gasteiger partial charge < -0.3 is 15.5 Å². The second-order valence-corrected chi connectivity index (χ2v) is 7.83. The second-order valence-electron chi connectivity index (χ2n) is 7.83. The van der Waals surface area contributed by atoms with E-state index in [1.54, 1.807) is 0 Å². The van der Waals surface area contributed by atoms with E-state index in [1.807, 2.05) is 38.2 Å². The van der Waals surface area contributed by atoms with Gasteiger partial charge in [-0.15, -0.1) is 24.0 Å². The fourth-order valence-corrected chi connectivity index (χ4v) is 4.40. The number of benzene rings is 1. The summed E-state index contributed by atoms with van der Waals surface area (Å²) in [6, 6.07) is 7.67. The molecule has 1 heterocycles. The van der Waals surface area contributed by atoms with Gasteiger partial charge in [-0.3, -0.25) is 9.79 Å². The number of carbonyl (C=O) groups excluding carboxylic acids is 1. The van der Waals surface area contributed by atoms with Gasteiger partial charge in [-0.1, -0.05) is 37.0 Å². The molecule has 5 nitrogen and oxygen atoms in total. The summed E-state index contributed by atoms with van der Waals surface area (Å²) in [5, 5.41) is 6.39. The Morgan fingerprint density at radius 3 is 2.59 bits per heavy atom. The van der Waals surface area contributed by atoms with Crippen LogP contribution in [0.5, 0.6) is 0 Å². The molecule has 1 aromatic rings. The Kier molecular flexibility index (Phi) is 8.38. The molecule has 0 atom stereocenters. The SMILES string of the molecule is CN=C(NCCNC(=O)c1cccc(C)c1)N1CCC2(CCCCC2)C1.I. The van der Waals surface area contributed by atoms with Gasteiger partial charge in [0.15, 0.2) is 5.96 Å². The van der Waals surface area contributed by atoms with Crippen molar-refractivity contribution < 1.29 is 4.79 Å². The molecule has 1 amide bonds. The summed E-state index contributed by atoms with van der Waals surface area (Å²) in [4.78, 5) is 19.0. The lowest BCUT2D eigenvalue weighted by molar-refractivity contribution is 0.0954. The van der Waals surface area contributed by atoms with Crippen molar-refractivity contribution >= 4 is 35.8 Å². The normalized spacial score (nSPS) is 18.9. The average Bonchev–Trinajstić information content (AvgIpc) is 3.05. The summed E-state index contributed by atoms with van der Waals surface area (Å²) >= 11 is 0. The van der Waals surface area contributed by atoms with Gasteiger partial charge in [-0.2, -0.15) is 0 Å². The Bertz CT molecular complexity index is 655. The third-order valence-electron chi connectivity index (χ3n) is 5.84. The second kappa shape index (κ2) is 10.3. The van der Waals surface area contributed by atoms with Crippen LogP contribution in [0, 0.1) is 12.3 Å². The van der Waals surface area contributed by atoms with E-state index in [9.17, 15) is 4.79 Å². The highest BCUT2D eigenvalue weighted by Gasteiger charge is 2.39. The Hall–Kier alpha value is -1.31. The lowest BCUT2D eigenvalue weighted by Crippen LogP contribution is -2.44. The number of likely N-dealkylation sites (tertiary alicyclic amines) is 1. The molecule has 1 aliphatic heterocycles. The van der Waals surface area contributed by atoms with Crippen LogP contribution in [-0.4, -0.2) is 50.0 Å². The number of amides is 1. The monoisotopic (exact) mass is 484 g/mol. The number of hydrogen-bond acceptors (Lipinski definition) is 2. The van der Waals surface area contributed by atoms with Crippen molar-refractivity contribution in [2.45, 2.75) is 45.4 Å². The summed E-state index contributed by atoms with van der Waals surface area (Å²) in [6.45, 7) is 5.49. The van der Waals surface area contributed by atoms with Crippen LogP contribution in [0.15, 0.2) is 29.3 Å². The lowest BCUT2D eigenvalue weighted by Gasteiger charge is -2.33. The van der Waals surface area contributed by atoms with Crippen molar-refractivity contribution in [1.29, 1.82) is 0 Å². The molecular formula is C21H33IN4O. The topological polar surface area (TPSA) is 56.7 Å². The van der Waals surface area contributed by atoms with Crippen LogP contribution in [0.2, 0.25) is 0 Å². The Morgan fingerprint density at radius 2 is 1.89 bits per heavy atom. The van der Waals surface area contributed by atoms with Crippen LogP contribution in [0.25, 0.3) is 0 Å². The zero-order valence-electron chi connectivity index (χ0n) is 16.6. The molecule has 1 aromatic carbocycles. The smallest absolute Gasteiger partial charge is 0.251 e. The first-order chi connectivity index (χ1) is 12.6. The molecule has 0 radical (unpaired) electrons. The molecule has 1 spiro atoms. The van der Waals surface area contributed by atoms with Gasteiger partial charge in [0.05, 0.1) is 0 Å². The van der Waals surface area contributed by atoms with Crippen molar-refractivity contribution in [3.05, 3.63) is 35.4 Å². The molecule has 3 rings (SSSR count). The zero-order valence-corrected chi connectivity index (χ0v) is 18.9. The first-order valence-corrected chi connectivity index (χ1v) is 9.92. The Morgan fingerprint density at radius 1 is 1.15 bits per heavy atom. The van der Waals surface area contributed by atoms with E-state index < -0.39 is 0 Å². The highest BCUT2D eigenvalue weighted by atomic mass is 127. The molecule has 6 heteroatoms. The Labute approximate surface area is 180 Å². The number of rotatable bonds is 4. The maximum Gasteiger partial charge on any atom is 0.251 e. The van der Waals surface area contributed by atoms with Gasteiger partial charge in [0, 0.05) is 38.8 Å². The van der Waals surface area contributed by atoms with Crippen molar-refractivity contribution in [3.63, 3.8) is 0 Å². The van der Waals surface area contributed by atoms with Crippen LogP contribution in [0.1, 0.15) is 54.4 Å². The van der Waals surface area contributed by atoms with E-state index >= 15 is 0 Å². The van der Waals surface area contributed by atoms with Crippen molar-refractivity contribution in [2.75, 3.05) is 33.2 Å². The summed E-state index contributed by atoms with van der Waals surface area (Å²) in [5.41, 5.74) is 2.34. The van der Waals surface area contributed by atoms with Crippen molar-refractivity contribution in [1.82, 2.24) is 15.5 Å². The summed E-state index contributed by atoms with van der Waals surface area (Å²) < 4.78 is 0. The number of hydrogen-bond donors (Lipinski definition) is 2. The Balaban J connectivity index is 0.00000261. The fraction of sp³-hybridized carbons (Fsp3) is 0.619.